The van der Waals surface area contributed by atoms with Crippen LogP contribution in [0.2, 0.25) is 5.02 Å². The van der Waals surface area contributed by atoms with Gasteiger partial charge in [-0.15, -0.1) is 9.32 Å². The Balaban J connectivity index is 2.89. The Kier molecular flexibility index (Phi) is 7.09. The summed E-state index contributed by atoms with van der Waals surface area (Å²) in [5.74, 6) is 3.86. The predicted molar refractivity (Wildman–Crippen MR) is 77.3 cm³/mol. The van der Waals surface area contributed by atoms with E-state index in [0.29, 0.717) is 9.92 Å². The number of aliphatic hydroxyl groups is 1. The Morgan fingerprint density at radius 3 is 2.67 bits per heavy atom. The van der Waals surface area contributed by atoms with Crippen molar-refractivity contribution in [3.05, 3.63) is 28.8 Å². The van der Waals surface area contributed by atoms with Gasteiger partial charge in [0, 0.05) is 5.56 Å². The molecule has 116 valence electrons. The Labute approximate surface area is 130 Å². The summed E-state index contributed by atoms with van der Waals surface area (Å²) in [4.78, 5) is 27.8. The van der Waals surface area contributed by atoms with Gasteiger partial charge in [0.15, 0.2) is 5.78 Å². The molecule has 21 heavy (non-hydrogen) atoms. The first-order chi connectivity index (χ1) is 9.86. The van der Waals surface area contributed by atoms with Crippen molar-refractivity contribution in [2.24, 2.45) is 5.90 Å². The molecule has 0 aliphatic heterocycles. The van der Waals surface area contributed by atoms with Crippen molar-refractivity contribution in [2.75, 3.05) is 0 Å². The normalized spacial score (nSPS) is 13.6. The van der Waals surface area contributed by atoms with Gasteiger partial charge in [-0.25, -0.2) is 0 Å². The summed E-state index contributed by atoms with van der Waals surface area (Å²) >= 11 is 6.65. The van der Waals surface area contributed by atoms with Crippen LogP contribution in [-0.2, 0) is 14.1 Å². The molecule has 0 saturated heterocycles. The molecular formula is C12H15ClN2O5S. The van der Waals surface area contributed by atoms with Crippen LogP contribution in [0.25, 0.3) is 0 Å². The standard InChI is InChI=1S/C12H15ClN2O5S/c1-6(16)11(7(2)17)15-12(18)8-3-4-9(13)10(5-8)21-20-19-14/h3-6,11,16H,14H2,1-2H3,(H,15,18). The molecule has 0 spiro atoms. The van der Waals surface area contributed by atoms with E-state index in [9.17, 15) is 14.7 Å². The van der Waals surface area contributed by atoms with E-state index in [1.165, 1.54) is 32.0 Å². The van der Waals surface area contributed by atoms with Crippen molar-refractivity contribution in [2.45, 2.75) is 30.9 Å². The van der Waals surface area contributed by atoms with E-state index in [1.807, 2.05) is 0 Å². The molecular weight excluding hydrogens is 320 g/mol. The van der Waals surface area contributed by atoms with Gasteiger partial charge < -0.3 is 10.4 Å². The number of nitrogens with one attached hydrogen (secondary N) is 1. The number of benzene rings is 1. The Bertz CT molecular complexity index is 526. The van der Waals surface area contributed by atoms with E-state index >= 15 is 0 Å². The third kappa shape index (κ3) is 5.27. The number of amides is 1. The zero-order chi connectivity index (χ0) is 16.0. The highest BCUT2D eigenvalue weighted by atomic mass is 35.5. The maximum absolute atomic E-state index is 12.1. The number of ketones is 1. The second-order valence-electron chi connectivity index (χ2n) is 4.20. The highest BCUT2D eigenvalue weighted by Crippen LogP contribution is 2.28. The highest BCUT2D eigenvalue weighted by molar-refractivity contribution is 7.94. The third-order valence-corrected chi connectivity index (χ3v) is 3.67. The first kappa shape index (κ1) is 17.9. The van der Waals surface area contributed by atoms with Crippen LogP contribution in [0.1, 0.15) is 24.2 Å². The molecule has 4 N–H and O–H groups in total. The average molecular weight is 335 g/mol. The van der Waals surface area contributed by atoms with Gasteiger partial charge >= 0.3 is 0 Å². The third-order valence-electron chi connectivity index (χ3n) is 2.56. The van der Waals surface area contributed by atoms with Crippen molar-refractivity contribution in [1.29, 1.82) is 0 Å². The molecule has 1 aromatic carbocycles. The topological polar surface area (TPSA) is 111 Å². The van der Waals surface area contributed by atoms with Crippen LogP contribution in [0.4, 0.5) is 0 Å². The second kappa shape index (κ2) is 8.32. The number of Topliss-reactive ketones (excluding diaryl/α,β-unsaturated/α-hetero) is 1. The van der Waals surface area contributed by atoms with Crippen LogP contribution in [0.15, 0.2) is 23.1 Å². The number of carbonyl (C=O) groups excluding carboxylic acids is 2. The summed E-state index contributed by atoms with van der Waals surface area (Å²) in [6, 6.07) is 3.43. The van der Waals surface area contributed by atoms with Gasteiger partial charge in [-0.3, -0.25) is 9.59 Å². The minimum absolute atomic E-state index is 0.245. The summed E-state index contributed by atoms with van der Waals surface area (Å²) in [5.41, 5.74) is 0.245. The summed E-state index contributed by atoms with van der Waals surface area (Å²) in [6.45, 7) is 2.70. The molecule has 0 bridgehead atoms. The van der Waals surface area contributed by atoms with Crippen molar-refractivity contribution >= 4 is 35.3 Å². The van der Waals surface area contributed by atoms with Gasteiger partial charge in [0.1, 0.15) is 6.04 Å². The van der Waals surface area contributed by atoms with Gasteiger partial charge in [-0.05, 0) is 32.0 Å². The fraction of sp³-hybridized carbons (Fsp3) is 0.333. The molecule has 0 aliphatic carbocycles. The first-order valence-electron chi connectivity index (χ1n) is 5.85. The van der Waals surface area contributed by atoms with Gasteiger partial charge in [-0.2, -0.15) is 5.90 Å². The minimum Gasteiger partial charge on any atom is -0.391 e. The molecule has 2 unspecified atom stereocenters. The number of carbonyl (C=O) groups is 2. The van der Waals surface area contributed by atoms with E-state index in [2.05, 4.69) is 14.6 Å². The smallest absolute Gasteiger partial charge is 0.251 e. The van der Waals surface area contributed by atoms with Gasteiger partial charge in [0.25, 0.3) is 5.91 Å². The fourth-order valence-corrected chi connectivity index (χ4v) is 2.20. The van der Waals surface area contributed by atoms with Crippen LogP contribution in [-0.4, -0.2) is 28.9 Å². The molecule has 0 saturated carbocycles. The Hall–Kier alpha value is -1.16. The molecule has 0 aromatic heterocycles. The van der Waals surface area contributed by atoms with Crippen LogP contribution in [0, 0.1) is 0 Å². The van der Waals surface area contributed by atoms with Crippen molar-refractivity contribution < 1.29 is 24.0 Å². The van der Waals surface area contributed by atoms with Crippen LogP contribution >= 0.6 is 23.6 Å². The first-order valence-corrected chi connectivity index (χ1v) is 6.97. The average Bonchev–Trinajstić information content (AvgIpc) is 2.42. The van der Waals surface area contributed by atoms with Crippen molar-refractivity contribution in [3.8, 4) is 0 Å². The maximum atomic E-state index is 12.1. The van der Waals surface area contributed by atoms with Crippen molar-refractivity contribution in [3.63, 3.8) is 0 Å². The quantitative estimate of drug-likeness (QED) is 0.391. The van der Waals surface area contributed by atoms with Gasteiger partial charge in [0.2, 0.25) is 0 Å². The van der Waals surface area contributed by atoms with E-state index in [0.717, 1.165) is 12.0 Å². The summed E-state index contributed by atoms with van der Waals surface area (Å²) < 4.78 is 4.48. The molecule has 0 fully saturated rings. The summed E-state index contributed by atoms with van der Waals surface area (Å²) in [5, 5.41) is 12.3. The predicted octanol–water partition coefficient (Wildman–Crippen LogP) is 1.24. The van der Waals surface area contributed by atoms with E-state index in [1.54, 1.807) is 0 Å². The zero-order valence-electron chi connectivity index (χ0n) is 11.3. The number of nitrogens with two attached hydrogens (primary N) is 1. The number of hydrogen-bond acceptors (Lipinski definition) is 7. The molecule has 1 rings (SSSR count). The lowest BCUT2D eigenvalue weighted by Crippen LogP contribution is -2.46. The van der Waals surface area contributed by atoms with Crippen LogP contribution in [0.3, 0.4) is 0 Å². The van der Waals surface area contributed by atoms with Gasteiger partial charge in [-0.1, -0.05) is 11.6 Å². The zero-order valence-corrected chi connectivity index (χ0v) is 12.9. The molecule has 0 aliphatic rings. The number of aliphatic hydroxyl groups excluding tert-OH is 1. The fourth-order valence-electron chi connectivity index (χ4n) is 1.55. The summed E-state index contributed by atoms with van der Waals surface area (Å²) in [7, 11) is 0. The minimum atomic E-state index is -0.999. The van der Waals surface area contributed by atoms with Crippen molar-refractivity contribution in [1.82, 2.24) is 5.32 Å². The molecule has 7 nitrogen and oxygen atoms in total. The molecule has 9 heteroatoms. The number of halogens is 1. The molecule has 1 amide bonds. The lowest BCUT2D eigenvalue weighted by atomic mass is 10.1. The van der Waals surface area contributed by atoms with Gasteiger partial charge in [0.05, 0.1) is 28.1 Å². The number of hydrogen-bond donors (Lipinski definition) is 3. The molecule has 2 atom stereocenters. The van der Waals surface area contributed by atoms with E-state index in [-0.39, 0.29) is 11.3 Å². The highest BCUT2D eigenvalue weighted by Gasteiger charge is 2.23. The monoisotopic (exact) mass is 334 g/mol. The van der Waals surface area contributed by atoms with Crippen LogP contribution in [0.5, 0.6) is 0 Å². The Morgan fingerprint density at radius 2 is 2.14 bits per heavy atom. The molecule has 0 heterocycles. The largest absolute Gasteiger partial charge is 0.391 e. The summed E-state index contributed by atoms with van der Waals surface area (Å²) in [6.07, 6.45) is -0.999. The molecule has 1 aromatic rings. The van der Waals surface area contributed by atoms with E-state index in [4.69, 9.17) is 17.5 Å². The Morgan fingerprint density at radius 1 is 1.48 bits per heavy atom. The second-order valence-corrected chi connectivity index (χ2v) is 5.34. The lowest BCUT2D eigenvalue weighted by Gasteiger charge is -2.18. The molecule has 0 radical (unpaired) electrons. The van der Waals surface area contributed by atoms with E-state index < -0.39 is 18.1 Å². The number of rotatable bonds is 7. The maximum Gasteiger partial charge on any atom is 0.251 e. The SMILES string of the molecule is CC(=O)C(NC(=O)c1ccc(Cl)c(SOON)c1)C(C)O. The lowest BCUT2D eigenvalue weighted by molar-refractivity contribution is -0.195. The van der Waals surface area contributed by atoms with Crippen LogP contribution < -0.4 is 11.2 Å².